The Labute approximate surface area is 101 Å². The van der Waals surface area contributed by atoms with Crippen LogP contribution in [0.25, 0.3) is 0 Å². The van der Waals surface area contributed by atoms with Gasteiger partial charge in [-0.3, -0.25) is 0 Å². The van der Waals surface area contributed by atoms with E-state index < -0.39 is 0 Å². The summed E-state index contributed by atoms with van der Waals surface area (Å²) in [5.74, 6) is 1.55. The van der Waals surface area contributed by atoms with Crippen molar-refractivity contribution in [3.05, 3.63) is 23.9 Å². The van der Waals surface area contributed by atoms with Crippen LogP contribution in [0, 0.1) is 0 Å². The highest BCUT2D eigenvalue weighted by molar-refractivity contribution is 6.17. The summed E-state index contributed by atoms with van der Waals surface area (Å²) < 4.78 is 5.40. The first-order valence-corrected chi connectivity index (χ1v) is 6.15. The minimum atomic E-state index is 0.336. The lowest BCUT2D eigenvalue weighted by molar-refractivity contribution is 0.0891. The summed E-state index contributed by atoms with van der Waals surface area (Å²) >= 11 is 5.74. The van der Waals surface area contributed by atoms with Crippen LogP contribution in [0.4, 0.5) is 5.82 Å². The maximum absolute atomic E-state index is 5.74. The number of piperidine rings is 1. The van der Waals surface area contributed by atoms with Crippen LogP contribution in [0.5, 0.6) is 0 Å². The molecule has 0 spiro atoms. The van der Waals surface area contributed by atoms with Gasteiger partial charge in [-0.05, 0) is 24.5 Å². The Morgan fingerprint density at radius 3 is 3.06 bits per heavy atom. The number of hydrogen-bond donors (Lipinski definition) is 0. The minimum absolute atomic E-state index is 0.336. The smallest absolute Gasteiger partial charge is 0.128 e. The van der Waals surface area contributed by atoms with Crippen LogP contribution in [-0.4, -0.2) is 31.3 Å². The van der Waals surface area contributed by atoms with Gasteiger partial charge in [0, 0.05) is 32.3 Å². The molecule has 1 aromatic heterocycles. The van der Waals surface area contributed by atoms with Gasteiger partial charge in [0.2, 0.25) is 0 Å². The molecule has 1 aliphatic rings. The molecule has 1 atom stereocenters. The Bertz CT molecular complexity index is 328. The molecule has 0 saturated carbocycles. The van der Waals surface area contributed by atoms with Gasteiger partial charge in [0.05, 0.1) is 6.10 Å². The molecule has 0 radical (unpaired) electrons. The largest absolute Gasteiger partial charge is 0.380 e. The lowest BCUT2D eigenvalue weighted by Gasteiger charge is -2.32. The van der Waals surface area contributed by atoms with E-state index >= 15 is 0 Å². The van der Waals surface area contributed by atoms with Crippen molar-refractivity contribution in [2.75, 3.05) is 25.1 Å². The Balaban J connectivity index is 2.05. The summed E-state index contributed by atoms with van der Waals surface area (Å²) in [5, 5.41) is 0. The fraction of sp³-hybridized carbons (Fsp3) is 0.583. The fourth-order valence-corrected chi connectivity index (χ4v) is 2.18. The molecule has 1 unspecified atom stereocenters. The van der Waals surface area contributed by atoms with Gasteiger partial charge in [-0.1, -0.05) is 6.07 Å². The van der Waals surface area contributed by atoms with Crippen LogP contribution in [0.15, 0.2) is 18.3 Å². The highest BCUT2D eigenvalue weighted by Gasteiger charge is 2.20. The molecule has 2 heterocycles. The molecule has 1 aromatic rings. The summed E-state index contributed by atoms with van der Waals surface area (Å²) in [6.07, 6.45) is 4.49. The summed E-state index contributed by atoms with van der Waals surface area (Å²) in [5.41, 5.74) is 1.06. The Morgan fingerprint density at radius 2 is 2.44 bits per heavy atom. The van der Waals surface area contributed by atoms with Crippen molar-refractivity contribution in [1.29, 1.82) is 0 Å². The number of aromatic nitrogens is 1. The van der Waals surface area contributed by atoms with Crippen LogP contribution in [-0.2, 0) is 10.6 Å². The van der Waals surface area contributed by atoms with Crippen LogP contribution < -0.4 is 4.90 Å². The van der Waals surface area contributed by atoms with E-state index in [0.717, 1.165) is 37.3 Å². The van der Waals surface area contributed by atoms with Gasteiger partial charge < -0.3 is 9.64 Å². The van der Waals surface area contributed by atoms with Crippen molar-refractivity contribution >= 4 is 17.4 Å². The summed E-state index contributed by atoms with van der Waals surface area (Å²) in [4.78, 5) is 6.70. The molecule has 1 fully saturated rings. The molecule has 1 saturated heterocycles. The van der Waals surface area contributed by atoms with Gasteiger partial charge in [0.25, 0.3) is 0 Å². The SMILES string of the molecule is COC1CCCN(c2ccc(CCl)cn2)C1. The van der Waals surface area contributed by atoms with Gasteiger partial charge in [-0.15, -0.1) is 11.6 Å². The van der Waals surface area contributed by atoms with E-state index in [2.05, 4.69) is 9.88 Å². The second kappa shape index (κ2) is 5.51. The normalized spacial score (nSPS) is 21.1. The number of anilines is 1. The van der Waals surface area contributed by atoms with E-state index in [4.69, 9.17) is 16.3 Å². The van der Waals surface area contributed by atoms with Crippen molar-refractivity contribution in [3.63, 3.8) is 0 Å². The lowest BCUT2D eigenvalue weighted by atomic mass is 10.1. The van der Waals surface area contributed by atoms with E-state index in [1.165, 1.54) is 0 Å². The van der Waals surface area contributed by atoms with Crippen molar-refractivity contribution in [2.24, 2.45) is 0 Å². The van der Waals surface area contributed by atoms with Crippen LogP contribution in [0.2, 0.25) is 0 Å². The number of alkyl halides is 1. The zero-order valence-corrected chi connectivity index (χ0v) is 10.3. The van der Waals surface area contributed by atoms with E-state index in [1.807, 2.05) is 18.3 Å². The number of rotatable bonds is 3. The third-order valence-corrected chi connectivity index (χ3v) is 3.31. The monoisotopic (exact) mass is 240 g/mol. The molecule has 1 aliphatic heterocycles. The highest BCUT2D eigenvalue weighted by Crippen LogP contribution is 2.19. The average molecular weight is 241 g/mol. The second-order valence-electron chi connectivity index (χ2n) is 4.10. The van der Waals surface area contributed by atoms with E-state index in [1.54, 1.807) is 7.11 Å². The van der Waals surface area contributed by atoms with Gasteiger partial charge >= 0.3 is 0 Å². The Morgan fingerprint density at radius 1 is 1.56 bits per heavy atom. The molecule has 0 aliphatic carbocycles. The van der Waals surface area contributed by atoms with Crippen LogP contribution in [0.3, 0.4) is 0 Å². The summed E-state index contributed by atoms with van der Waals surface area (Å²) in [6.45, 7) is 2.00. The average Bonchev–Trinajstić information content (AvgIpc) is 2.39. The molecule has 0 bridgehead atoms. The highest BCUT2D eigenvalue weighted by atomic mass is 35.5. The number of hydrogen-bond acceptors (Lipinski definition) is 3. The van der Waals surface area contributed by atoms with E-state index in [0.29, 0.717) is 12.0 Å². The fourth-order valence-electron chi connectivity index (χ4n) is 2.02. The maximum atomic E-state index is 5.74. The molecule has 88 valence electrons. The molecule has 3 nitrogen and oxygen atoms in total. The van der Waals surface area contributed by atoms with Crippen LogP contribution in [0.1, 0.15) is 18.4 Å². The first-order valence-electron chi connectivity index (χ1n) is 5.62. The zero-order valence-electron chi connectivity index (χ0n) is 9.53. The number of halogens is 1. The van der Waals surface area contributed by atoms with Gasteiger partial charge in [-0.2, -0.15) is 0 Å². The molecule has 2 rings (SSSR count). The maximum Gasteiger partial charge on any atom is 0.128 e. The molecule has 0 aromatic carbocycles. The van der Waals surface area contributed by atoms with Crippen molar-refractivity contribution < 1.29 is 4.74 Å². The molecule has 0 amide bonds. The predicted molar refractivity (Wildman–Crippen MR) is 66.0 cm³/mol. The number of nitrogens with zero attached hydrogens (tertiary/aromatic N) is 2. The first-order chi connectivity index (χ1) is 7.83. The third kappa shape index (κ3) is 2.66. The standard InChI is InChI=1S/C12H17ClN2O/c1-16-11-3-2-6-15(9-11)12-5-4-10(7-13)8-14-12/h4-5,8,11H,2-3,6-7,9H2,1H3. The van der Waals surface area contributed by atoms with Gasteiger partial charge in [0.1, 0.15) is 5.82 Å². The van der Waals surface area contributed by atoms with Crippen molar-refractivity contribution in [1.82, 2.24) is 4.98 Å². The molecule has 16 heavy (non-hydrogen) atoms. The van der Waals surface area contributed by atoms with Crippen LogP contribution >= 0.6 is 11.6 Å². The van der Waals surface area contributed by atoms with Gasteiger partial charge in [0.15, 0.2) is 0 Å². The van der Waals surface area contributed by atoms with E-state index in [-0.39, 0.29) is 0 Å². The zero-order chi connectivity index (χ0) is 11.4. The minimum Gasteiger partial charge on any atom is -0.380 e. The Kier molecular flexibility index (Phi) is 4.02. The summed E-state index contributed by atoms with van der Waals surface area (Å²) in [7, 11) is 1.78. The van der Waals surface area contributed by atoms with Crippen molar-refractivity contribution in [3.8, 4) is 0 Å². The molecular weight excluding hydrogens is 224 g/mol. The molecular formula is C12H17ClN2O. The predicted octanol–water partition coefficient (Wildman–Crippen LogP) is 2.44. The number of ether oxygens (including phenoxy) is 1. The summed E-state index contributed by atoms with van der Waals surface area (Å²) in [6, 6.07) is 4.07. The second-order valence-corrected chi connectivity index (χ2v) is 4.37. The quantitative estimate of drug-likeness (QED) is 0.759. The van der Waals surface area contributed by atoms with Crippen molar-refractivity contribution in [2.45, 2.75) is 24.8 Å². The van der Waals surface area contributed by atoms with Gasteiger partial charge in [-0.25, -0.2) is 4.98 Å². The first kappa shape index (κ1) is 11.7. The lowest BCUT2D eigenvalue weighted by Crippen LogP contribution is -2.39. The topological polar surface area (TPSA) is 25.4 Å². The molecule has 4 heteroatoms. The number of methoxy groups -OCH3 is 1. The third-order valence-electron chi connectivity index (χ3n) is 3.00. The Hall–Kier alpha value is -0.800. The number of pyridine rings is 1. The molecule has 0 N–H and O–H groups in total. The van der Waals surface area contributed by atoms with E-state index in [9.17, 15) is 0 Å².